The highest BCUT2D eigenvalue weighted by Gasteiger charge is 2.27. The third-order valence-corrected chi connectivity index (χ3v) is 4.73. The first-order valence-electron chi connectivity index (χ1n) is 7.13. The van der Waals surface area contributed by atoms with E-state index < -0.39 is 0 Å². The lowest BCUT2D eigenvalue weighted by molar-refractivity contribution is 0.0901. The zero-order valence-corrected chi connectivity index (χ0v) is 13.5. The Morgan fingerprint density at radius 2 is 2.05 bits per heavy atom. The van der Waals surface area contributed by atoms with Crippen LogP contribution in [-0.2, 0) is 12.8 Å². The molecule has 0 saturated carbocycles. The second-order valence-electron chi connectivity index (χ2n) is 5.43. The minimum Gasteiger partial charge on any atom is -0.496 e. The molecule has 2 nitrogen and oxygen atoms in total. The average molecular weight is 345 g/mol. The maximum Gasteiger partial charge on any atom is 0.166 e. The highest BCUT2D eigenvalue weighted by molar-refractivity contribution is 9.10. The SMILES string of the molecule is COc1ccc(CC2CCc3ccccc3C2=O)cc1Br. The van der Waals surface area contributed by atoms with E-state index in [4.69, 9.17) is 4.74 Å². The summed E-state index contributed by atoms with van der Waals surface area (Å²) >= 11 is 3.50. The summed E-state index contributed by atoms with van der Waals surface area (Å²) in [6.07, 6.45) is 2.71. The Morgan fingerprint density at radius 3 is 2.81 bits per heavy atom. The van der Waals surface area contributed by atoms with Crippen LogP contribution in [0.3, 0.4) is 0 Å². The van der Waals surface area contributed by atoms with Crippen molar-refractivity contribution in [1.29, 1.82) is 0 Å². The van der Waals surface area contributed by atoms with E-state index in [9.17, 15) is 4.79 Å². The molecule has 0 fully saturated rings. The molecule has 0 spiro atoms. The van der Waals surface area contributed by atoms with E-state index in [-0.39, 0.29) is 11.7 Å². The first-order chi connectivity index (χ1) is 10.2. The van der Waals surface area contributed by atoms with Gasteiger partial charge in [-0.1, -0.05) is 30.3 Å². The highest BCUT2D eigenvalue weighted by atomic mass is 79.9. The molecular formula is C18H17BrO2. The van der Waals surface area contributed by atoms with Gasteiger partial charge in [0.05, 0.1) is 11.6 Å². The Balaban J connectivity index is 1.80. The van der Waals surface area contributed by atoms with E-state index in [1.165, 1.54) is 11.1 Å². The van der Waals surface area contributed by atoms with Crippen LogP contribution in [0.2, 0.25) is 0 Å². The molecule has 0 saturated heterocycles. The van der Waals surface area contributed by atoms with Gasteiger partial charge in [0, 0.05) is 11.5 Å². The van der Waals surface area contributed by atoms with Crippen molar-refractivity contribution in [2.75, 3.05) is 7.11 Å². The maximum atomic E-state index is 12.6. The number of Topliss-reactive ketones (excluding diaryl/α,β-unsaturated/α-hetero) is 1. The third kappa shape index (κ3) is 2.88. The number of benzene rings is 2. The molecule has 0 amide bonds. The summed E-state index contributed by atoms with van der Waals surface area (Å²) in [7, 11) is 1.65. The molecule has 1 aliphatic carbocycles. The largest absolute Gasteiger partial charge is 0.496 e. The summed E-state index contributed by atoms with van der Waals surface area (Å²) < 4.78 is 6.18. The summed E-state index contributed by atoms with van der Waals surface area (Å²) in [6.45, 7) is 0. The monoisotopic (exact) mass is 344 g/mol. The van der Waals surface area contributed by atoms with E-state index in [0.717, 1.165) is 35.0 Å². The number of ketones is 1. The van der Waals surface area contributed by atoms with Crippen LogP contribution in [0.15, 0.2) is 46.9 Å². The quantitative estimate of drug-likeness (QED) is 0.822. The lowest BCUT2D eigenvalue weighted by atomic mass is 9.80. The van der Waals surface area contributed by atoms with Gasteiger partial charge in [-0.25, -0.2) is 0 Å². The molecule has 0 aromatic heterocycles. The van der Waals surface area contributed by atoms with Crippen LogP contribution in [0, 0.1) is 5.92 Å². The number of carbonyl (C=O) groups excluding carboxylic acids is 1. The molecule has 1 atom stereocenters. The zero-order chi connectivity index (χ0) is 14.8. The fourth-order valence-electron chi connectivity index (χ4n) is 2.98. The lowest BCUT2D eigenvalue weighted by Gasteiger charge is -2.23. The van der Waals surface area contributed by atoms with Crippen LogP contribution in [0.1, 0.15) is 27.9 Å². The highest BCUT2D eigenvalue weighted by Crippen LogP contribution is 2.30. The first-order valence-corrected chi connectivity index (χ1v) is 7.93. The third-order valence-electron chi connectivity index (χ3n) is 4.11. The van der Waals surface area contributed by atoms with Crippen LogP contribution in [0.5, 0.6) is 5.75 Å². The molecule has 0 radical (unpaired) electrons. The Hall–Kier alpha value is -1.61. The fourth-order valence-corrected chi connectivity index (χ4v) is 3.56. The summed E-state index contributed by atoms with van der Waals surface area (Å²) in [4.78, 5) is 12.6. The number of hydrogen-bond acceptors (Lipinski definition) is 2. The Kier molecular flexibility index (Phi) is 4.11. The van der Waals surface area contributed by atoms with Crippen molar-refractivity contribution in [3.05, 3.63) is 63.6 Å². The molecule has 0 heterocycles. The second kappa shape index (κ2) is 6.02. The number of fused-ring (bicyclic) bond motifs is 1. The smallest absolute Gasteiger partial charge is 0.166 e. The van der Waals surface area contributed by atoms with Gasteiger partial charge in [-0.3, -0.25) is 4.79 Å². The van der Waals surface area contributed by atoms with Crippen molar-refractivity contribution in [2.24, 2.45) is 5.92 Å². The molecule has 1 unspecified atom stereocenters. The topological polar surface area (TPSA) is 26.3 Å². The van der Waals surface area contributed by atoms with E-state index in [1.807, 2.05) is 36.4 Å². The van der Waals surface area contributed by atoms with Gasteiger partial charge in [0.1, 0.15) is 5.75 Å². The maximum absolute atomic E-state index is 12.6. The number of hydrogen-bond donors (Lipinski definition) is 0. The normalized spacial score (nSPS) is 17.4. The zero-order valence-electron chi connectivity index (χ0n) is 11.9. The average Bonchev–Trinajstić information content (AvgIpc) is 2.51. The van der Waals surface area contributed by atoms with E-state index in [0.29, 0.717) is 0 Å². The van der Waals surface area contributed by atoms with Gasteiger partial charge >= 0.3 is 0 Å². The first kappa shape index (κ1) is 14.3. The van der Waals surface area contributed by atoms with Crippen molar-refractivity contribution in [3.8, 4) is 5.75 Å². The number of halogens is 1. The van der Waals surface area contributed by atoms with Crippen molar-refractivity contribution in [2.45, 2.75) is 19.3 Å². The van der Waals surface area contributed by atoms with Gasteiger partial charge in [-0.15, -0.1) is 0 Å². The minimum absolute atomic E-state index is 0.0835. The molecule has 0 N–H and O–H groups in total. The Labute approximate surface area is 133 Å². The number of rotatable bonds is 3. The molecule has 0 bridgehead atoms. The van der Waals surface area contributed by atoms with Crippen molar-refractivity contribution >= 4 is 21.7 Å². The predicted octanol–water partition coefficient (Wildman–Crippen LogP) is 4.45. The number of aryl methyl sites for hydroxylation is 1. The lowest BCUT2D eigenvalue weighted by Crippen LogP contribution is -2.24. The number of ether oxygens (including phenoxy) is 1. The Bertz CT molecular complexity index is 679. The van der Waals surface area contributed by atoms with E-state index >= 15 is 0 Å². The minimum atomic E-state index is 0.0835. The van der Waals surface area contributed by atoms with Crippen molar-refractivity contribution in [3.63, 3.8) is 0 Å². The van der Waals surface area contributed by atoms with Crippen molar-refractivity contribution < 1.29 is 9.53 Å². The number of methoxy groups -OCH3 is 1. The van der Waals surface area contributed by atoms with Gasteiger partial charge in [0.25, 0.3) is 0 Å². The molecule has 3 rings (SSSR count). The van der Waals surface area contributed by atoms with Gasteiger partial charge in [0.2, 0.25) is 0 Å². The van der Waals surface area contributed by atoms with Crippen molar-refractivity contribution in [1.82, 2.24) is 0 Å². The fraction of sp³-hybridized carbons (Fsp3) is 0.278. The molecule has 2 aromatic rings. The predicted molar refractivity (Wildman–Crippen MR) is 87.0 cm³/mol. The summed E-state index contributed by atoms with van der Waals surface area (Å²) in [5.74, 6) is 1.18. The molecular weight excluding hydrogens is 328 g/mol. The molecule has 3 heteroatoms. The van der Waals surface area contributed by atoms with Crippen LogP contribution in [-0.4, -0.2) is 12.9 Å². The van der Waals surface area contributed by atoms with Gasteiger partial charge < -0.3 is 4.74 Å². The molecule has 21 heavy (non-hydrogen) atoms. The second-order valence-corrected chi connectivity index (χ2v) is 6.28. The van der Waals surface area contributed by atoms with Gasteiger partial charge in [0.15, 0.2) is 5.78 Å². The number of carbonyl (C=O) groups is 1. The molecule has 108 valence electrons. The Morgan fingerprint density at radius 1 is 1.24 bits per heavy atom. The van der Waals surface area contributed by atoms with E-state index in [2.05, 4.69) is 22.0 Å². The van der Waals surface area contributed by atoms with Gasteiger partial charge in [-0.2, -0.15) is 0 Å². The summed E-state index contributed by atoms with van der Waals surface area (Å²) in [5.41, 5.74) is 3.26. The molecule has 0 aliphatic heterocycles. The summed E-state index contributed by atoms with van der Waals surface area (Å²) in [5, 5.41) is 0. The molecule has 1 aliphatic rings. The summed E-state index contributed by atoms with van der Waals surface area (Å²) in [6, 6.07) is 14.0. The van der Waals surface area contributed by atoms with Gasteiger partial charge in [-0.05, 0) is 58.5 Å². The van der Waals surface area contributed by atoms with Crippen LogP contribution >= 0.6 is 15.9 Å². The molecule has 2 aromatic carbocycles. The standard InChI is InChI=1S/C18H17BrO2/c1-21-17-9-6-12(11-16(17)19)10-14-8-7-13-4-2-3-5-15(13)18(14)20/h2-6,9,11,14H,7-8,10H2,1H3. The van der Waals surface area contributed by atoms with Crippen LogP contribution in [0.25, 0.3) is 0 Å². The van der Waals surface area contributed by atoms with Crippen LogP contribution < -0.4 is 4.74 Å². The van der Waals surface area contributed by atoms with E-state index in [1.54, 1.807) is 7.11 Å². The van der Waals surface area contributed by atoms with Crippen LogP contribution in [0.4, 0.5) is 0 Å².